The van der Waals surface area contributed by atoms with Gasteiger partial charge in [0.25, 0.3) is 0 Å². The third kappa shape index (κ3) is 6.12. The molecular weight excluding hydrogens is 330 g/mol. The highest BCUT2D eigenvalue weighted by atomic mass is 32.2. The van der Waals surface area contributed by atoms with Crippen LogP contribution in [0.4, 0.5) is 26.3 Å². The van der Waals surface area contributed by atoms with Gasteiger partial charge in [-0.05, 0) is 24.8 Å². The van der Waals surface area contributed by atoms with E-state index < -0.39 is 28.4 Å². The van der Waals surface area contributed by atoms with Crippen molar-refractivity contribution in [3.8, 4) is 0 Å². The molecule has 0 heterocycles. The molecular formula is C10H12F6O4S. The van der Waals surface area contributed by atoms with Crippen LogP contribution in [0.15, 0.2) is 11.8 Å². The molecule has 0 aromatic rings. The molecule has 1 aliphatic rings. The Bertz CT molecular complexity index is 479. The Labute approximate surface area is 116 Å². The number of rotatable bonds is 5. The van der Waals surface area contributed by atoms with Crippen LogP contribution in [0, 0.1) is 5.92 Å². The van der Waals surface area contributed by atoms with Crippen LogP contribution in [0.5, 0.6) is 0 Å². The van der Waals surface area contributed by atoms with Gasteiger partial charge < -0.3 is 8.92 Å². The summed E-state index contributed by atoms with van der Waals surface area (Å²) < 4.78 is 102. The van der Waals surface area contributed by atoms with Crippen molar-refractivity contribution in [2.75, 3.05) is 13.2 Å². The number of hydrogen-bond acceptors (Lipinski definition) is 4. The number of alkyl halides is 6. The fourth-order valence-corrected chi connectivity index (χ4v) is 2.15. The van der Waals surface area contributed by atoms with Crippen LogP contribution in [0.2, 0.25) is 0 Å². The van der Waals surface area contributed by atoms with Crippen LogP contribution in [-0.4, -0.2) is 33.3 Å². The molecule has 4 nitrogen and oxygen atoms in total. The van der Waals surface area contributed by atoms with Crippen LogP contribution < -0.4 is 0 Å². The van der Waals surface area contributed by atoms with E-state index in [2.05, 4.69) is 8.92 Å². The van der Waals surface area contributed by atoms with Crippen molar-refractivity contribution in [1.82, 2.24) is 0 Å². The van der Waals surface area contributed by atoms with E-state index in [1.54, 1.807) is 0 Å². The third-order valence-corrected chi connectivity index (χ3v) is 3.60. The summed E-state index contributed by atoms with van der Waals surface area (Å²) in [4.78, 5) is 0. The molecule has 11 heteroatoms. The van der Waals surface area contributed by atoms with Gasteiger partial charge in [0, 0.05) is 6.42 Å². The van der Waals surface area contributed by atoms with Crippen LogP contribution in [-0.2, 0) is 19.0 Å². The van der Waals surface area contributed by atoms with Crippen molar-refractivity contribution in [2.24, 2.45) is 5.92 Å². The highest BCUT2D eigenvalue weighted by Crippen LogP contribution is 2.31. The van der Waals surface area contributed by atoms with Crippen molar-refractivity contribution in [2.45, 2.75) is 30.9 Å². The molecule has 1 rings (SSSR count). The Morgan fingerprint density at radius 3 is 2.24 bits per heavy atom. The Morgan fingerprint density at radius 2 is 1.81 bits per heavy atom. The predicted octanol–water partition coefficient (Wildman–Crippen LogP) is 3.12. The summed E-state index contributed by atoms with van der Waals surface area (Å²) in [6.07, 6.45) is -3.18. The van der Waals surface area contributed by atoms with Gasteiger partial charge >= 0.3 is 21.8 Å². The van der Waals surface area contributed by atoms with Gasteiger partial charge in [-0.15, -0.1) is 0 Å². The maximum atomic E-state index is 12.1. The van der Waals surface area contributed by atoms with Crippen molar-refractivity contribution >= 4 is 10.1 Å². The van der Waals surface area contributed by atoms with Crippen molar-refractivity contribution in [1.29, 1.82) is 0 Å². The first kappa shape index (κ1) is 18.1. The minimum atomic E-state index is -5.70. The van der Waals surface area contributed by atoms with Gasteiger partial charge in [0.1, 0.15) is 12.4 Å². The molecule has 1 unspecified atom stereocenters. The van der Waals surface area contributed by atoms with Gasteiger partial charge in [0.05, 0.1) is 6.61 Å². The number of hydrogen-bond donors (Lipinski definition) is 0. The third-order valence-electron chi connectivity index (χ3n) is 2.60. The molecule has 1 aliphatic carbocycles. The second kappa shape index (κ2) is 6.42. The van der Waals surface area contributed by atoms with E-state index in [0.717, 1.165) is 6.08 Å². The molecule has 124 valence electrons. The van der Waals surface area contributed by atoms with Crippen molar-refractivity contribution in [3.63, 3.8) is 0 Å². The smallest absolute Gasteiger partial charge is 0.381 e. The normalized spacial score (nSPS) is 21.0. The molecule has 1 atom stereocenters. The zero-order chi connectivity index (χ0) is 16.3. The monoisotopic (exact) mass is 342 g/mol. The molecule has 0 radical (unpaired) electrons. The summed E-state index contributed by atoms with van der Waals surface area (Å²) in [6, 6.07) is 0. The Hall–Kier alpha value is -0.970. The number of ether oxygens (including phenoxy) is 1. The Kier molecular flexibility index (Phi) is 5.53. The zero-order valence-corrected chi connectivity index (χ0v) is 11.3. The largest absolute Gasteiger partial charge is 0.534 e. The van der Waals surface area contributed by atoms with E-state index in [1.165, 1.54) is 0 Å². The quantitative estimate of drug-likeness (QED) is 0.438. The lowest BCUT2D eigenvalue weighted by Gasteiger charge is -2.22. The minimum Gasteiger partial charge on any atom is -0.381 e. The molecule has 21 heavy (non-hydrogen) atoms. The Morgan fingerprint density at radius 1 is 1.19 bits per heavy atom. The maximum absolute atomic E-state index is 12.1. The molecule has 0 saturated heterocycles. The summed E-state index contributed by atoms with van der Waals surface area (Å²) in [5, 5.41) is 0. The SMILES string of the molecule is O=S(=O)(OC1=CCC(COCC(F)(F)F)CC1)C(F)(F)F. The predicted molar refractivity (Wildman–Crippen MR) is 58.4 cm³/mol. The van der Waals surface area contributed by atoms with Crippen LogP contribution >= 0.6 is 0 Å². The lowest BCUT2D eigenvalue weighted by molar-refractivity contribution is -0.176. The fraction of sp³-hybridized carbons (Fsp3) is 0.800. The molecule has 0 saturated carbocycles. The lowest BCUT2D eigenvalue weighted by atomic mass is 9.94. The van der Waals surface area contributed by atoms with Crippen LogP contribution in [0.25, 0.3) is 0 Å². The molecule has 0 aromatic heterocycles. The van der Waals surface area contributed by atoms with Gasteiger partial charge in [-0.25, -0.2) is 0 Å². The van der Waals surface area contributed by atoms with E-state index >= 15 is 0 Å². The summed E-state index contributed by atoms with van der Waals surface area (Å²) in [7, 11) is -5.70. The summed E-state index contributed by atoms with van der Waals surface area (Å²) >= 11 is 0. The van der Waals surface area contributed by atoms with E-state index in [0.29, 0.717) is 0 Å². The minimum absolute atomic E-state index is 0.0839. The molecule has 0 aliphatic heterocycles. The fourth-order valence-electron chi connectivity index (χ4n) is 1.62. The highest BCUT2D eigenvalue weighted by molar-refractivity contribution is 7.87. The molecule has 0 fully saturated rings. The molecule has 0 bridgehead atoms. The highest BCUT2D eigenvalue weighted by Gasteiger charge is 2.48. The Balaban J connectivity index is 2.45. The van der Waals surface area contributed by atoms with Gasteiger partial charge in [-0.3, -0.25) is 0 Å². The first-order valence-electron chi connectivity index (χ1n) is 5.75. The van der Waals surface area contributed by atoms with E-state index in [4.69, 9.17) is 0 Å². The van der Waals surface area contributed by atoms with E-state index in [1.807, 2.05) is 0 Å². The van der Waals surface area contributed by atoms with Crippen LogP contribution in [0.1, 0.15) is 19.3 Å². The average Bonchev–Trinajstić information content (AvgIpc) is 2.28. The van der Waals surface area contributed by atoms with Gasteiger partial charge in [-0.2, -0.15) is 34.8 Å². The van der Waals surface area contributed by atoms with Crippen LogP contribution in [0.3, 0.4) is 0 Å². The van der Waals surface area contributed by atoms with Crippen molar-refractivity contribution in [3.05, 3.63) is 11.8 Å². The number of halogens is 6. The zero-order valence-electron chi connectivity index (χ0n) is 10.5. The molecule has 0 amide bonds. The molecule has 0 aromatic carbocycles. The van der Waals surface area contributed by atoms with Gasteiger partial charge in [-0.1, -0.05) is 0 Å². The summed E-state index contributed by atoms with van der Waals surface area (Å²) in [6.45, 7) is -1.62. The summed E-state index contributed by atoms with van der Waals surface area (Å²) in [5.41, 5.74) is -5.51. The maximum Gasteiger partial charge on any atom is 0.534 e. The topological polar surface area (TPSA) is 52.6 Å². The second-order valence-corrected chi connectivity index (χ2v) is 5.96. The van der Waals surface area contributed by atoms with E-state index in [9.17, 15) is 34.8 Å². The van der Waals surface area contributed by atoms with Gasteiger partial charge in [0.15, 0.2) is 0 Å². The van der Waals surface area contributed by atoms with E-state index in [-0.39, 0.29) is 37.5 Å². The average molecular weight is 342 g/mol. The summed E-state index contributed by atoms with van der Waals surface area (Å²) in [5.74, 6) is -0.687. The lowest BCUT2D eigenvalue weighted by Crippen LogP contribution is -2.26. The van der Waals surface area contributed by atoms with Crippen molar-refractivity contribution < 1.29 is 43.7 Å². The molecule has 0 spiro atoms. The molecule has 0 N–H and O–H groups in total. The van der Waals surface area contributed by atoms with Gasteiger partial charge in [0.2, 0.25) is 0 Å². The standard InChI is InChI=1S/C10H12F6O4S/c11-9(12,13)6-19-5-7-1-3-8(4-2-7)20-21(17,18)10(14,15)16/h3,7H,1-2,4-6H2. The number of allylic oxidation sites excluding steroid dienone is 2. The first-order chi connectivity index (χ1) is 9.41. The second-order valence-electron chi connectivity index (χ2n) is 4.42. The first-order valence-corrected chi connectivity index (χ1v) is 7.16.